The second-order valence-corrected chi connectivity index (χ2v) is 29.2. The average Bonchev–Trinajstić information content (AvgIpc) is 2.52. The van der Waals surface area contributed by atoms with E-state index in [2.05, 4.69) is 118 Å². The van der Waals surface area contributed by atoms with Crippen LogP contribution in [0.15, 0.2) is 10.6 Å². The maximum absolute atomic E-state index is 11.3. The highest BCUT2D eigenvalue weighted by molar-refractivity contribution is 9.11. The molecule has 190 valence electrons. The van der Waals surface area contributed by atoms with Crippen LogP contribution in [0.1, 0.15) is 62.3 Å². The first-order valence-corrected chi connectivity index (χ1v) is 21.4. The van der Waals surface area contributed by atoms with E-state index in [4.69, 9.17) is 13.3 Å². The highest BCUT2D eigenvalue weighted by Gasteiger charge is 2.52. The lowest BCUT2D eigenvalue weighted by Crippen LogP contribution is -2.62. The third kappa shape index (κ3) is 6.89. The van der Waals surface area contributed by atoms with Crippen molar-refractivity contribution in [1.29, 1.82) is 0 Å². The van der Waals surface area contributed by atoms with Crippen molar-refractivity contribution >= 4 is 40.9 Å². The van der Waals surface area contributed by atoms with Gasteiger partial charge in [-0.25, -0.2) is 0 Å². The normalized spacial score (nSPS) is 26.8. The fourth-order valence-corrected chi connectivity index (χ4v) is 7.15. The predicted octanol–water partition coefficient (Wildman–Crippen LogP) is 7.81. The van der Waals surface area contributed by atoms with Crippen molar-refractivity contribution in [1.82, 2.24) is 0 Å². The van der Waals surface area contributed by atoms with Crippen molar-refractivity contribution in [2.75, 3.05) is 0 Å². The molecule has 0 radical (unpaired) electrons. The zero-order valence-corrected chi connectivity index (χ0v) is 28.0. The standard InChI is InChI=1S/C24H51BrO4Si3/c1-22(2,3)30(10,11)27-18-16-17(25)19(26)21(29-32(14,15)24(7,8)9)20(18)28-31(12,13)23(4,5)6/h16,18-21,26H,1-15H3/t18-,19+,20+,21+/m0/s1. The van der Waals surface area contributed by atoms with Crippen LogP contribution in [0.3, 0.4) is 0 Å². The highest BCUT2D eigenvalue weighted by atomic mass is 79.9. The monoisotopic (exact) mass is 566 g/mol. The van der Waals surface area contributed by atoms with Gasteiger partial charge in [0.15, 0.2) is 25.0 Å². The number of hydrogen-bond donors (Lipinski definition) is 1. The first kappa shape index (κ1) is 30.7. The van der Waals surface area contributed by atoms with Crippen LogP contribution < -0.4 is 0 Å². The van der Waals surface area contributed by atoms with Crippen LogP contribution in [0.5, 0.6) is 0 Å². The van der Waals surface area contributed by atoms with E-state index < -0.39 is 37.2 Å². The van der Waals surface area contributed by atoms with Gasteiger partial charge >= 0.3 is 0 Å². The number of halogens is 1. The maximum Gasteiger partial charge on any atom is 0.193 e. The molecule has 1 N–H and O–H groups in total. The molecule has 4 nitrogen and oxygen atoms in total. The molecule has 0 saturated carbocycles. The summed E-state index contributed by atoms with van der Waals surface area (Å²) in [6.07, 6.45) is 0.166. The number of aliphatic hydroxyl groups is 1. The third-order valence-electron chi connectivity index (χ3n) is 8.28. The van der Waals surface area contributed by atoms with E-state index in [1.807, 2.05) is 6.08 Å². The van der Waals surface area contributed by atoms with Crippen LogP contribution >= 0.6 is 15.9 Å². The first-order valence-electron chi connectivity index (χ1n) is 11.9. The Balaban J connectivity index is 3.56. The van der Waals surface area contributed by atoms with Crippen LogP contribution in [0, 0.1) is 0 Å². The zero-order chi connectivity index (χ0) is 25.7. The topological polar surface area (TPSA) is 47.9 Å². The molecule has 0 spiro atoms. The number of hydrogen-bond acceptors (Lipinski definition) is 4. The Labute approximate surface area is 210 Å². The van der Waals surface area contributed by atoms with Gasteiger partial charge in [0, 0.05) is 4.48 Å². The SMILES string of the molecule is CC(C)(C)[Si](C)(C)O[C@H]1[C@H](O[Si](C)(C)C(C)(C)C)[C@H](O)C(Br)=C[C@@H]1O[Si](C)(C)C(C)(C)C. The van der Waals surface area contributed by atoms with Crippen molar-refractivity contribution in [2.45, 2.75) is 141 Å². The average molecular weight is 568 g/mol. The van der Waals surface area contributed by atoms with Gasteiger partial charge in [0.25, 0.3) is 0 Å². The van der Waals surface area contributed by atoms with E-state index in [0.29, 0.717) is 0 Å². The Morgan fingerprint density at radius 3 is 1.31 bits per heavy atom. The summed E-state index contributed by atoms with van der Waals surface area (Å²) in [7, 11) is -6.41. The molecule has 32 heavy (non-hydrogen) atoms. The van der Waals surface area contributed by atoms with E-state index in [0.717, 1.165) is 4.48 Å². The molecule has 0 heterocycles. The van der Waals surface area contributed by atoms with Crippen molar-refractivity contribution in [3.63, 3.8) is 0 Å². The second kappa shape index (κ2) is 9.64. The summed E-state index contributed by atoms with van der Waals surface area (Å²) in [6, 6.07) is 0. The molecular weight excluding hydrogens is 516 g/mol. The molecule has 0 aromatic heterocycles. The third-order valence-corrected chi connectivity index (χ3v) is 22.4. The van der Waals surface area contributed by atoms with Gasteiger partial charge in [-0.3, -0.25) is 0 Å². The first-order chi connectivity index (χ1) is 13.8. The molecule has 0 bridgehead atoms. The Morgan fingerprint density at radius 2 is 0.969 bits per heavy atom. The van der Waals surface area contributed by atoms with Gasteiger partial charge in [-0.05, 0) is 60.5 Å². The molecule has 0 fully saturated rings. The molecule has 1 aliphatic rings. The molecule has 1 rings (SSSR count). The van der Waals surface area contributed by atoms with Crippen LogP contribution in [0.25, 0.3) is 0 Å². The van der Waals surface area contributed by atoms with Crippen LogP contribution in [0.4, 0.5) is 0 Å². The summed E-state index contributed by atoms with van der Waals surface area (Å²) >= 11 is 3.63. The Morgan fingerprint density at radius 1 is 0.656 bits per heavy atom. The van der Waals surface area contributed by atoms with Crippen molar-refractivity contribution in [2.24, 2.45) is 0 Å². The van der Waals surface area contributed by atoms with Gasteiger partial charge in [-0.15, -0.1) is 0 Å². The summed E-state index contributed by atoms with van der Waals surface area (Å²) < 4.78 is 21.5. The fourth-order valence-electron chi connectivity index (χ4n) is 2.79. The molecule has 0 unspecified atom stereocenters. The molecule has 0 aromatic carbocycles. The van der Waals surface area contributed by atoms with E-state index in [-0.39, 0.29) is 27.3 Å². The molecule has 1 aliphatic carbocycles. The van der Waals surface area contributed by atoms with Crippen molar-refractivity contribution < 1.29 is 18.4 Å². The van der Waals surface area contributed by atoms with E-state index >= 15 is 0 Å². The van der Waals surface area contributed by atoms with Crippen molar-refractivity contribution in [3.05, 3.63) is 10.6 Å². The van der Waals surface area contributed by atoms with Gasteiger partial charge in [0.1, 0.15) is 18.3 Å². The van der Waals surface area contributed by atoms with Gasteiger partial charge in [0.05, 0.1) is 6.10 Å². The molecule has 0 saturated heterocycles. The summed E-state index contributed by atoms with van der Waals surface area (Å²) in [5.41, 5.74) is 0. The van der Waals surface area contributed by atoms with Crippen molar-refractivity contribution in [3.8, 4) is 0 Å². The molecule has 0 aromatic rings. The lowest BCUT2D eigenvalue weighted by Gasteiger charge is -2.51. The summed E-state index contributed by atoms with van der Waals surface area (Å²) in [6.45, 7) is 33.7. The van der Waals surface area contributed by atoms with Crippen LogP contribution in [-0.2, 0) is 13.3 Å². The zero-order valence-electron chi connectivity index (χ0n) is 23.4. The maximum atomic E-state index is 11.3. The smallest absolute Gasteiger partial charge is 0.193 e. The van der Waals surface area contributed by atoms with Gasteiger partial charge in [-0.2, -0.15) is 0 Å². The second-order valence-electron chi connectivity index (χ2n) is 14.0. The highest BCUT2D eigenvalue weighted by Crippen LogP contribution is 2.45. The molecule has 8 heteroatoms. The molecular formula is C24H51BrO4Si3. The minimum atomic E-state index is -2.17. The van der Waals surface area contributed by atoms with Gasteiger partial charge in [-0.1, -0.05) is 78.2 Å². The Hall–Kier alpha value is 0.711. The fraction of sp³-hybridized carbons (Fsp3) is 0.917. The Bertz CT molecular complexity index is 685. The van der Waals surface area contributed by atoms with E-state index in [1.54, 1.807) is 0 Å². The van der Waals surface area contributed by atoms with Crippen LogP contribution in [-0.4, -0.2) is 54.5 Å². The number of rotatable bonds is 6. The van der Waals surface area contributed by atoms with Crippen LogP contribution in [0.2, 0.25) is 54.4 Å². The largest absolute Gasteiger partial charge is 0.408 e. The lowest BCUT2D eigenvalue weighted by molar-refractivity contribution is -0.0728. The molecule has 0 aliphatic heterocycles. The molecule has 4 atom stereocenters. The minimum Gasteiger partial charge on any atom is -0.408 e. The summed E-state index contributed by atoms with van der Waals surface area (Å²) in [4.78, 5) is 0. The van der Waals surface area contributed by atoms with E-state index in [1.165, 1.54) is 0 Å². The Kier molecular flexibility index (Phi) is 9.26. The lowest BCUT2D eigenvalue weighted by atomic mass is 9.96. The van der Waals surface area contributed by atoms with Gasteiger partial charge in [0.2, 0.25) is 0 Å². The minimum absolute atomic E-state index is 0.0255. The number of aliphatic hydroxyl groups excluding tert-OH is 1. The predicted molar refractivity (Wildman–Crippen MR) is 149 cm³/mol. The van der Waals surface area contributed by atoms with E-state index in [9.17, 15) is 5.11 Å². The quantitative estimate of drug-likeness (QED) is 0.333. The molecule has 0 amide bonds. The van der Waals surface area contributed by atoms with Gasteiger partial charge < -0.3 is 18.4 Å². The summed E-state index contributed by atoms with van der Waals surface area (Å²) in [5, 5.41) is 11.4. The summed E-state index contributed by atoms with van der Waals surface area (Å²) in [5.74, 6) is 0.